The first kappa shape index (κ1) is 24.0. The van der Waals surface area contributed by atoms with Crippen molar-refractivity contribution < 1.29 is 27.7 Å². The number of rotatable bonds is 8. The van der Waals surface area contributed by atoms with E-state index in [0.29, 0.717) is 42.3 Å². The number of hydrazone groups is 1. The van der Waals surface area contributed by atoms with E-state index in [1.165, 1.54) is 20.3 Å². The molecular formula is C23H28N4O6S. The summed E-state index contributed by atoms with van der Waals surface area (Å²) in [7, 11) is -0.990. The molecule has 2 heterocycles. The monoisotopic (exact) mass is 488 g/mol. The highest BCUT2D eigenvalue weighted by Crippen LogP contribution is 2.36. The van der Waals surface area contributed by atoms with Gasteiger partial charge in [0.25, 0.3) is 10.0 Å². The molecule has 34 heavy (non-hydrogen) atoms. The zero-order chi connectivity index (χ0) is 24.3. The van der Waals surface area contributed by atoms with Crippen LogP contribution in [0.5, 0.6) is 17.2 Å². The SMILES string of the molecule is COc1cc(/C=N/NC(CN2CCOCC2)C2=NS(=O)(=O)c3c(OC)cc(C)cc32)ccc1O. The van der Waals surface area contributed by atoms with Crippen molar-refractivity contribution in [2.45, 2.75) is 17.9 Å². The van der Waals surface area contributed by atoms with E-state index in [1.807, 2.05) is 13.0 Å². The van der Waals surface area contributed by atoms with E-state index < -0.39 is 16.1 Å². The smallest absolute Gasteiger partial charge is 0.287 e. The summed E-state index contributed by atoms with van der Waals surface area (Å²) in [5.41, 5.74) is 5.57. The molecule has 1 atom stereocenters. The van der Waals surface area contributed by atoms with Gasteiger partial charge in [-0.3, -0.25) is 10.3 Å². The molecule has 0 aromatic heterocycles. The number of morpholine rings is 1. The van der Waals surface area contributed by atoms with E-state index in [0.717, 1.165) is 18.7 Å². The van der Waals surface area contributed by atoms with Gasteiger partial charge in [0, 0.05) is 25.2 Å². The quantitative estimate of drug-likeness (QED) is 0.424. The molecule has 0 saturated carbocycles. The average Bonchev–Trinajstić information content (AvgIpc) is 3.09. The van der Waals surface area contributed by atoms with Gasteiger partial charge in [-0.25, -0.2) is 0 Å². The number of methoxy groups -OCH3 is 2. The lowest BCUT2D eigenvalue weighted by Gasteiger charge is -2.30. The summed E-state index contributed by atoms with van der Waals surface area (Å²) in [5.74, 6) is 0.638. The third-order valence-corrected chi connectivity index (χ3v) is 7.07. The van der Waals surface area contributed by atoms with Gasteiger partial charge < -0.3 is 19.3 Å². The molecule has 1 unspecified atom stereocenters. The molecule has 10 nitrogen and oxygen atoms in total. The van der Waals surface area contributed by atoms with Gasteiger partial charge in [-0.05, 0) is 48.4 Å². The minimum atomic E-state index is -3.91. The second-order valence-corrected chi connectivity index (χ2v) is 9.62. The third-order valence-electron chi connectivity index (χ3n) is 5.69. The molecule has 0 aliphatic carbocycles. The lowest BCUT2D eigenvalue weighted by molar-refractivity contribution is 0.0364. The number of nitrogens with zero attached hydrogens (tertiary/aromatic N) is 3. The predicted molar refractivity (Wildman–Crippen MR) is 128 cm³/mol. The van der Waals surface area contributed by atoms with Gasteiger partial charge in [-0.1, -0.05) is 0 Å². The first-order valence-electron chi connectivity index (χ1n) is 10.8. The van der Waals surface area contributed by atoms with Crippen molar-refractivity contribution >= 4 is 21.9 Å². The number of aryl methyl sites for hydroxylation is 1. The number of hydrogen-bond acceptors (Lipinski definition) is 9. The van der Waals surface area contributed by atoms with E-state index >= 15 is 0 Å². The van der Waals surface area contributed by atoms with E-state index in [4.69, 9.17) is 14.2 Å². The molecule has 2 N–H and O–H groups in total. The Morgan fingerprint density at radius 1 is 1.21 bits per heavy atom. The fourth-order valence-corrected chi connectivity index (χ4v) is 5.44. The molecule has 2 aromatic carbocycles. The maximum atomic E-state index is 12.9. The lowest BCUT2D eigenvalue weighted by Crippen LogP contribution is -2.48. The van der Waals surface area contributed by atoms with Crippen LogP contribution in [0.2, 0.25) is 0 Å². The molecule has 2 aliphatic heterocycles. The van der Waals surface area contributed by atoms with Crippen LogP contribution in [-0.4, -0.2) is 83.5 Å². The van der Waals surface area contributed by atoms with Gasteiger partial charge in [0.15, 0.2) is 11.5 Å². The highest BCUT2D eigenvalue weighted by molar-refractivity contribution is 7.91. The second-order valence-electron chi connectivity index (χ2n) is 8.08. The largest absolute Gasteiger partial charge is 0.504 e. The summed E-state index contributed by atoms with van der Waals surface area (Å²) in [6, 6.07) is 7.86. The van der Waals surface area contributed by atoms with Gasteiger partial charge in [-0.15, -0.1) is 0 Å². The molecular weight excluding hydrogens is 460 g/mol. The van der Waals surface area contributed by atoms with Crippen LogP contribution >= 0.6 is 0 Å². The summed E-state index contributed by atoms with van der Waals surface area (Å²) in [6.45, 7) is 5.03. The molecule has 1 fully saturated rings. The first-order chi connectivity index (χ1) is 16.3. The van der Waals surface area contributed by atoms with Gasteiger partial charge in [0.05, 0.1) is 39.4 Å². The molecule has 2 aromatic rings. The van der Waals surface area contributed by atoms with Crippen LogP contribution in [0.25, 0.3) is 0 Å². The number of fused-ring (bicyclic) bond motifs is 1. The van der Waals surface area contributed by atoms with Crippen LogP contribution in [0.1, 0.15) is 16.7 Å². The minimum absolute atomic E-state index is 0.0317. The standard InChI is InChI=1S/C23H28N4O6S/c1-15-10-17-22(26-34(29,30)23(17)21(11-15)32-3)18(14-27-6-8-33-9-7-27)25-24-13-16-4-5-19(28)20(12-16)31-2/h4-5,10-13,18,25,28H,6-9,14H2,1-3H3/b24-13+. The molecule has 0 amide bonds. The van der Waals surface area contributed by atoms with E-state index in [9.17, 15) is 13.5 Å². The van der Waals surface area contributed by atoms with Crippen molar-refractivity contribution in [3.8, 4) is 17.2 Å². The Hall–Kier alpha value is -3.15. The van der Waals surface area contributed by atoms with Gasteiger partial charge in [0.1, 0.15) is 16.7 Å². The average molecular weight is 489 g/mol. The maximum absolute atomic E-state index is 12.9. The van der Waals surface area contributed by atoms with Crippen molar-refractivity contribution in [1.82, 2.24) is 10.3 Å². The number of nitrogens with one attached hydrogen (secondary N) is 1. The molecule has 4 rings (SSSR count). The summed E-state index contributed by atoms with van der Waals surface area (Å²) in [4.78, 5) is 2.26. The number of phenols is 1. The maximum Gasteiger partial charge on any atom is 0.287 e. The second kappa shape index (κ2) is 10.00. The summed E-state index contributed by atoms with van der Waals surface area (Å²) >= 11 is 0. The van der Waals surface area contributed by atoms with E-state index in [1.54, 1.807) is 24.4 Å². The number of hydrogen-bond donors (Lipinski definition) is 2. The highest BCUT2D eigenvalue weighted by Gasteiger charge is 2.37. The van der Waals surface area contributed by atoms with Crippen LogP contribution in [0.3, 0.4) is 0 Å². The molecule has 182 valence electrons. The zero-order valence-corrected chi connectivity index (χ0v) is 20.1. The van der Waals surface area contributed by atoms with Crippen molar-refractivity contribution in [2.24, 2.45) is 9.50 Å². The fourth-order valence-electron chi connectivity index (χ4n) is 4.03. The Balaban J connectivity index is 1.67. The highest BCUT2D eigenvalue weighted by atomic mass is 32.2. The first-order valence-corrected chi connectivity index (χ1v) is 12.3. The number of benzene rings is 2. The Labute approximate surface area is 198 Å². The summed E-state index contributed by atoms with van der Waals surface area (Å²) in [5, 5.41) is 14.2. The van der Waals surface area contributed by atoms with E-state index in [-0.39, 0.29) is 16.4 Å². The Morgan fingerprint density at radius 3 is 2.65 bits per heavy atom. The van der Waals surface area contributed by atoms with Crippen molar-refractivity contribution in [1.29, 1.82) is 0 Å². The van der Waals surface area contributed by atoms with Crippen molar-refractivity contribution in [2.75, 3.05) is 47.1 Å². The van der Waals surface area contributed by atoms with Crippen LogP contribution in [0, 0.1) is 6.92 Å². The van der Waals surface area contributed by atoms with Crippen LogP contribution in [0.15, 0.2) is 44.7 Å². The predicted octanol–water partition coefficient (Wildman–Crippen LogP) is 1.53. The lowest BCUT2D eigenvalue weighted by atomic mass is 10.0. The van der Waals surface area contributed by atoms with Gasteiger partial charge in [0.2, 0.25) is 0 Å². The van der Waals surface area contributed by atoms with Gasteiger partial charge >= 0.3 is 0 Å². The summed E-state index contributed by atoms with van der Waals surface area (Å²) < 4.78 is 46.0. The minimum Gasteiger partial charge on any atom is -0.504 e. The summed E-state index contributed by atoms with van der Waals surface area (Å²) in [6.07, 6.45) is 1.58. The Bertz CT molecular complexity index is 1220. The number of ether oxygens (including phenoxy) is 3. The molecule has 2 aliphatic rings. The van der Waals surface area contributed by atoms with Gasteiger partial charge in [-0.2, -0.15) is 17.9 Å². The van der Waals surface area contributed by atoms with Crippen molar-refractivity contribution in [3.63, 3.8) is 0 Å². The van der Waals surface area contributed by atoms with Crippen molar-refractivity contribution in [3.05, 3.63) is 47.0 Å². The molecule has 11 heteroatoms. The fraction of sp³-hybridized carbons (Fsp3) is 0.391. The van der Waals surface area contributed by atoms with Crippen LogP contribution in [0.4, 0.5) is 0 Å². The molecule has 0 spiro atoms. The third kappa shape index (κ3) is 5.01. The molecule has 0 bridgehead atoms. The topological polar surface area (TPSA) is 122 Å². The van der Waals surface area contributed by atoms with E-state index in [2.05, 4.69) is 19.8 Å². The van der Waals surface area contributed by atoms with Crippen LogP contribution < -0.4 is 14.9 Å². The zero-order valence-electron chi connectivity index (χ0n) is 19.3. The number of sulfonamides is 1. The molecule has 1 saturated heterocycles. The Morgan fingerprint density at radius 2 is 1.94 bits per heavy atom. The number of aromatic hydroxyl groups is 1. The number of phenolic OH excluding ortho intramolecular Hbond substituents is 1. The molecule has 0 radical (unpaired) electrons. The normalized spacial score (nSPS) is 18.4. The Kier molecular flexibility index (Phi) is 7.05. The van der Waals surface area contributed by atoms with Crippen LogP contribution in [-0.2, 0) is 14.8 Å².